The molecule has 1 amide bonds. The minimum atomic E-state index is -0.435. The van der Waals surface area contributed by atoms with E-state index in [2.05, 4.69) is 30.8 Å². The Morgan fingerprint density at radius 1 is 1.30 bits per heavy atom. The van der Waals surface area contributed by atoms with Gasteiger partial charge in [0.15, 0.2) is 0 Å². The molecule has 0 saturated heterocycles. The number of para-hydroxylation sites is 2. The molecule has 0 radical (unpaired) electrons. The number of hydrogen-bond donors (Lipinski definition) is 1. The van der Waals surface area contributed by atoms with Crippen LogP contribution in [-0.2, 0) is 6.54 Å². The molecule has 0 fully saturated rings. The third-order valence-electron chi connectivity index (χ3n) is 3.64. The Morgan fingerprint density at radius 2 is 2.09 bits per heavy atom. The predicted molar refractivity (Wildman–Crippen MR) is 90.9 cm³/mol. The van der Waals surface area contributed by atoms with Crippen molar-refractivity contribution < 1.29 is 9.18 Å². The molecule has 118 valence electrons. The van der Waals surface area contributed by atoms with Crippen LogP contribution in [0.2, 0.25) is 0 Å². The third kappa shape index (κ3) is 3.27. The lowest BCUT2D eigenvalue weighted by atomic mass is 10.2. The Hall–Kier alpha value is -2.21. The number of benzene rings is 2. The molecule has 0 unspecified atom stereocenters. The van der Waals surface area contributed by atoms with Gasteiger partial charge in [0.25, 0.3) is 5.91 Å². The highest BCUT2D eigenvalue weighted by Crippen LogP contribution is 2.18. The molecule has 0 spiro atoms. The first-order valence-electron chi connectivity index (χ1n) is 7.21. The maximum Gasteiger partial charge on any atom is 0.252 e. The fraction of sp³-hybridized carbons (Fsp3) is 0.176. The van der Waals surface area contributed by atoms with Gasteiger partial charge in [-0.25, -0.2) is 9.37 Å². The summed E-state index contributed by atoms with van der Waals surface area (Å²) in [5.74, 6) is 0.153. The average Bonchev–Trinajstić information content (AvgIpc) is 2.85. The van der Waals surface area contributed by atoms with Crippen molar-refractivity contribution in [2.24, 2.45) is 0 Å². The molecule has 3 rings (SSSR count). The van der Waals surface area contributed by atoms with Crippen LogP contribution in [0.1, 0.15) is 16.2 Å². The summed E-state index contributed by atoms with van der Waals surface area (Å²) in [6, 6.07) is 11.9. The van der Waals surface area contributed by atoms with E-state index in [1.54, 1.807) is 0 Å². The highest BCUT2D eigenvalue weighted by molar-refractivity contribution is 9.10. The van der Waals surface area contributed by atoms with E-state index < -0.39 is 5.82 Å². The summed E-state index contributed by atoms with van der Waals surface area (Å²) in [7, 11) is 0. The van der Waals surface area contributed by atoms with Crippen molar-refractivity contribution >= 4 is 32.9 Å². The summed E-state index contributed by atoms with van der Waals surface area (Å²) >= 11 is 3.26. The molecule has 3 aromatic rings. The number of nitrogens with one attached hydrogen (secondary N) is 1. The molecule has 4 nitrogen and oxygen atoms in total. The second-order valence-electron chi connectivity index (χ2n) is 5.18. The van der Waals surface area contributed by atoms with E-state index >= 15 is 0 Å². The molecular weight excluding hydrogens is 361 g/mol. The predicted octanol–water partition coefficient (Wildman–Crippen LogP) is 3.68. The van der Waals surface area contributed by atoms with Gasteiger partial charge >= 0.3 is 0 Å². The standard InChI is InChI=1S/C17H15BrFN3O/c1-11-21-15-4-2-3-5-16(15)22(11)9-8-20-17(23)13-10-12(19)6-7-14(13)18/h2-7,10H,8-9H2,1H3,(H,20,23). The molecule has 1 heterocycles. The van der Waals surface area contributed by atoms with E-state index in [0.717, 1.165) is 16.9 Å². The summed E-state index contributed by atoms with van der Waals surface area (Å²) in [5, 5.41) is 2.81. The lowest BCUT2D eigenvalue weighted by Crippen LogP contribution is -2.27. The van der Waals surface area contributed by atoms with E-state index in [9.17, 15) is 9.18 Å². The molecule has 0 aliphatic carbocycles. The number of aromatic nitrogens is 2. The van der Waals surface area contributed by atoms with Crippen LogP contribution in [0.5, 0.6) is 0 Å². The minimum Gasteiger partial charge on any atom is -0.350 e. The first-order chi connectivity index (χ1) is 11.1. The number of hydrogen-bond acceptors (Lipinski definition) is 2. The molecule has 0 saturated carbocycles. The average molecular weight is 376 g/mol. The minimum absolute atomic E-state index is 0.289. The van der Waals surface area contributed by atoms with E-state index in [4.69, 9.17) is 0 Å². The van der Waals surface area contributed by atoms with Crippen molar-refractivity contribution in [1.82, 2.24) is 14.9 Å². The van der Waals surface area contributed by atoms with E-state index in [-0.39, 0.29) is 11.5 Å². The zero-order valence-electron chi connectivity index (χ0n) is 12.5. The Morgan fingerprint density at radius 3 is 2.91 bits per heavy atom. The van der Waals surface area contributed by atoms with Crippen LogP contribution in [0.3, 0.4) is 0 Å². The second kappa shape index (κ2) is 6.50. The third-order valence-corrected chi connectivity index (χ3v) is 4.33. The number of rotatable bonds is 4. The van der Waals surface area contributed by atoms with E-state index in [0.29, 0.717) is 17.6 Å². The maximum absolute atomic E-state index is 13.3. The molecule has 1 aromatic heterocycles. The number of carbonyl (C=O) groups excluding carboxylic acids is 1. The largest absolute Gasteiger partial charge is 0.350 e. The molecule has 6 heteroatoms. The van der Waals surface area contributed by atoms with Crippen molar-refractivity contribution in [3.63, 3.8) is 0 Å². The summed E-state index contributed by atoms with van der Waals surface area (Å²) in [6.07, 6.45) is 0. The van der Waals surface area contributed by atoms with Crippen LogP contribution < -0.4 is 5.32 Å². The summed E-state index contributed by atoms with van der Waals surface area (Å²) in [5.41, 5.74) is 2.26. The van der Waals surface area contributed by atoms with Gasteiger partial charge in [-0.3, -0.25) is 4.79 Å². The number of halogens is 2. The first-order valence-corrected chi connectivity index (χ1v) is 8.00. The van der Waals surface area contributed by atoms with Gasteiger partial charge in [0.2, 0.25) is 0 Å². The Kier molecular flexibility index (Phi) is 4.43. The zero-order valence-corrected chi connectivity index (χ0v) is 14.1. The first kappa shape index (κ1) is 15.7. The van der Waals surface area contributed by atoms with Gasteiger partial charge in [0.05, 0.1) is 16.6 Å². The van der Waals surface area contributed by atoms with Crippen LogP contribution in [0.25, 0.3) is 11.0 Å². The van der Waals surface area contributed by atoms with Crippen molar-refractivity contribution in [3.05, 3.63) is 64.1 Å². The fourth-order valence-electron chi connectivity index (χ4n) is 2.53. The molecule has 2 aromatic carbocycles. The van der Waals surface area contributed by atoms with Gasteiger partial charge in [-0.2, -0.15) is 0 Å². The Balaban J connectivity index is 1.70. The van der Waals surface area contributed by atoms with Crippen LogP contribution >= 0.6 is 15.9 Å². The Labute approximate surface area is 141 Å². The van der Waals surface area contributed by atoms with Crippen molar-refractivity contribution in [3.8, 4) is 0 Å². The number of aryl methyl sites for hydroxylation is 1. The van der Waals surface area contributed by atoms with Gasteiger partial charge in [0, 0.05) is 17.6 Å². The molecule has 0 atom stereocenters. The molecule has 1 N–H and O–H groups in total. The van der Waals surface area contributed by atoms with Crippen molar-refractivity contribution in [1.29, 1.82) is 0 Å². The summed E-state index contributed by atoms with van der Waals surface area (Å²) in [6.45, 7) is 2.97. The van der Waals surface area contributed by atoms with Gasteiger partial charge in [-0.1, -0.05) is 12.1 Å². The number of carbonyl (C=O) groups is 1. The molecule has 0 aliphatic heterocycles. The quantitative estimate of drug-likeness (QED) is 0.755. The summed E-state index contributed by atoms with van der Waals surface area (Å²) in [4.78, 5) is 16.6. The monoisotopic (exact) mass is 375 g/mol. The number of nitrogens with zero attached hydrogens (tertiary/aromatic N) is 2. The van der Waals surface area contributed by atoms with Gasteiger partial charge in [0.1, 0.15) is 11.6 Å². The number of amides is 1. The fourth-order valence-corrected chi connectivity index (χ4v) is 2.95. The smallest absolute Gasteiger partial charge is 0.252 e. The van der Waals surface area contributed by atoms with Crippen LogP contribution in [0, 0.1) is 12.7 Å². The van der Waals surface area contributed by atoms with Crippen LogP contribution in [0.4, 0.5) is 4.39 Å². The second-order valence-corrected chi connectivity index (χ2v) is 6.03. The molecular formula is C17H15BrFN3O. The number of fused-ring (bicyclic) bond motifs is 1. The zero-order chi connectivity index (χ0) is 16.4. The molecule has 0 bridgehead atoms. The normalized spacial score (nSPS) is 10.9. The Bertz CT molecular complexity index is 875. The topological polar surface area (TPSA) is 46.9 Å². The van der Waals surface area contributed by atoms with E-state index in [1.807, 2.05) is 31.2 Å². The van der Waals surface area contributed by atoms with Crippen LogP contribution in [0.15, 0.2) is 46.9 Å². The molecule has 0 aliphatic rings. The molecule has 23 heavy (non-hydrogen) atoms. The lowest BCUT2D eigenvalue weighted by Gasteiger charge is -2.09. The van der Waals surface area contributed by atoms with Crippen molar-refractivity contribution in [2.75, 3.05) is 6.54 Å². The SMILES string of the molecule is Cc1nc2ccccc2n1CCNC(=O)c1cc(F)ccc1Br. The van der Waals surface area contributed by atoms with Gasteiger partial charge in [-0.15, -0.1) is 0 Å². The number of imidazole rings is 1. The lowest BCUT2D eigenvalue weighted by molar-refractivity contribution is 0.0951. The highest BCUT2D eigenvalue weighted by Gasteiger charge is 2.11. The van der Waals surface area contributed by atoms with Crippen molar-refractivity contribution in [2.45, 2.75) is 13.5 Å². The summed E-state index contributed by atoms with van der Waals surface area (Å²) < 4.78 is 15.9. The van der Waals surface area contributed by atoms with Gasteiger partial charge in [-0.05, 0) is 53.2 Å². The highest BCUT2D eigenvalue weighted by atomic mass is 79.9. The maximum atomic E-state index is 13.3. The van der Waals surface area contributed by atoms with Crippen LogP contribution in [-0.4, -0.2) is 22.0 Å². The van der Waals surface area contributed by atoms with E-state index in [1.165, 1.54) is 18.2 Å². The van der Waals surface area contributed by atoms with Gasteiger partial charge < -0.3 is 9.88 Å².